The Morgan fingerprint density at radius 1 is 0.458 bits per heavy atom. The zero-order chi connectivity index (χ0) is 20.2. The van der Waals surface area contributed by atoms with Gasteiger partial charge in [0.1, 0.15) is 0 Å². The Labute approximate surface area is 121 Å². The Hall–Kier alpha value is -1.09. The molecule has 0 fully saturated rings. The number of hydrogen-bond donors (Lipinski definition) is 0. The molecule has 0 radical (unpaired) electrons. The van der Waals surface area contributed by atoms with Gasteiger partial charge in [-0.25, -0.2) is 0 Å². The highest BCUT2D eigenvalue weighted by Gasteiger charge is 2.91. The number of halogens is 15. The number of ether oxygens (including phenoxy) is 1. The third kappa shape index (κ3) is 3.33. The Morgan fingerprint density at radius 2 is 0.750 bits per heavy atom. The van der Waals surface area contributed by atoms with Crippen molar-refractivity contribution < 1.29 is 70.6 Å². The summed E-state index contributed by atoms with van der Waals surface area (Å²) in [5, 5.41) is 0. The molecule has 0 aliphatic carbocycles. The molecule has 0 atom stereocenters. The monoisotopic (exact) mass is 400 g/mol. The fraction of sp³-hybridized carbons (Fsp3) is 1.00. The van der Waals surface area contributed by atoms with Crippen LogP contribution < -0.4 is 0 Å². The molecule has 0 rings (SSSR count). The zero-order valence-electron chi connectivity index (χ0n) is 10.6. The minimum atomic E-state index is -8.16. The molecule has 1 nitrogen and oxygen atoms in total. The fourth-order valence-electron chi connectivity index (χ4n) is 1.04. The summed E-state index contributed by atoms with van der Waals surface area (Å²) in [6.45, 7) is -0.752. The maximum atomic E-state index is 12.8. The summed E-state index contributed by atoms with van der Waals surface area (Å²) in [4.78, 5) is 0. The second kappa shape index (κ2) is 5.45. The first-order chi connectivity index (χ1) is 9.96. The predicted molar refractivity (Wildman–Crippen MR) is 42.5 cm³/mol. The molecule has 0 amide bonds. The van der Waals surface area contributed by atoms with Crippen molar-refractivity contribution in [2.24, 2.45) is 0 Å². The van der Waals surface area contributed by atoms with Gasteiger partial charge in [0.25, 0.3) is 0 Å². The molecule has 146 valence electrons. The first-order valence-electron chi connectivity index (χ1n) is 4.99. The van der Waals surface area contributed by atoms with Crippen LogP contribution in [0, 0.1) is 0 Å². The highest BCUT2D eigenvalue weighted by molar-refractivity contribution is 5.08. The quantitative estimate of drug-likeness (QED) is 0.549. The SMILES string of the molecule is CC(F)(F)OC(F)(F)C(F)(F)C(F)(F)C(F)(F)C(F)(F)C(F)(F)F. The lowest BCUT2D eigenvalue weighted by molar-refractivity contribution is -0.490. The van der Waals surface area contributed by atoms with Crippen molar-refractivity contribution in [3.63, 3.8) is 0 Å². The van der Waals surface area contributed by atoms with E-state index in [1.165, 1.54) is 0 Å². The van der Waals surface area contributed by atoms with E-state index in [-0.39, 0.29) is 0 Å². The van der Waals surface area contributed by atoms with Crippen molar-refractivity contribution in [2.45, 2.75) is 49.0 Å². The molecule has 0 aromatic carbocycles. The summed E-state index contributed by atoms with van der Waals surface area (Å²) >= 11 is 0. The minimum Gasteiger partial charge on any atom is -0.250 e. The van der Waals surface area contributed by atoms with Gasteiger partial charge >= 0.3 is 42.1 Å². The van der Waals surface area contributed by atoms with Crippen molar-refractivity contribution in [2.75, 3.05) is 0 Å². The normalized spacial score (nSPS) is 16.5. The molecule has 0 spiro atoms. The number of alkyl halides is 15. The van der Waals surface area contributed by atoms with E-state index in [9.17, 15) is 65.9 Å². The predicted octanol–water partition coefficient (Wildman–Crippen LogP) is 5.31. The minimum absolute atomic E-state index is 0.752. The molecule has 0 unspecified atom stereocenters. The third-order valence-corrected chi connectivity index (χ3v) is 2.21. The van der Waals surface area contributed by atoms with E-state index in [2.05, 4.69) is 0 Å². The van der Waals surface area contributed by atoms with Crippen molar-refractivity contribution in [1.82, 2.24) is 0 Å². The molecule has 24 heavy (non-hydrogen) atoms. The van der Waals surface area contributed by atoms with Crippen LogP contribution in [0.2, 0.25) is 0 Å². The lowest BCUT2D eigenvalue weighted by atomic mass is 9.97. The van der Waals surface area contributed by atoms with Crippen LogP contribution in [0.25, 0.3) is 0 Å². The fourth-order valence-corrected chi connectivity index (χ4v) is 1.04. The van der Waals surface area contributed by atoms with Crippen molar-refractivity contribution in [1.29, 1.82) is 0 Å². The van der Waals surface area contributed by atoms with E-state index in [0.29, 0.717) is 0 Å². The van der Waals surface area contributed by atoms with Gasteiger partial charge in [0.15, 0.2) is 0 Å². The molecule has 0 aromatic rings. The van der Waals surface area contributed by atoms with E-state index >= 15 is 0 Å². The average Bonchev–Trinajstić information content (AvgIpc) is 2.22. The number of hydrogen-bond acceptors (Lipinski definition) is 1. The molecule has 0 aliphatic heterocycles. The lowest BCUT2D eigenvalue weighted by Crippen LogP contribution is -2.70. The largest absolute Gasteiger partial charge is 0.460 e. The van der Waals surface area contributed by atoms with Gasteiger partial charge in [-0.3, -0.25) is 4.74 Å². The molecular weight excluding hydrogens is 397 g/mol. The summed E-state index contributed by atoms with van der Waals surface area (Å²) in [6, 6.07) is 0. The highest BCUT2D eigenvalue weighted by Crippen LogP contribution is 2.60. The smallest absolute Gasteiger partial charge is 0.250 e. The van der Waals surface area contributed by atoms with E-state index in [1.807, 2.05) is 4.74 Å². The van der Waals surface area contributed by atoms with E-state index in [4.69, 9.17) is 0 Å². The van der Waals surface area contributed by atoms with Crippen molar-refractivity contribution >= 4 is 0 Å². The van der Waals surface area contributed by atoms with Gasteiger partial charge in [-0.15, -0.1) is 0 Å². The Kier molecular flexibility index (Phi) is 5.21. The summed E-state index contributed by atoms with van der Waals surface area (Å²) in [5.41, 5.74) is 0. The van der Waals surface area contributed by atoms with Crippen LogP contribution in [0.4, 0.5) is 65.9 Å². The van der Waals surface area contributed by atoms with Gasteiger partial charge in [-0.1, -0.05) is 0 Å². The second-order valence-corrected chi connectivity index (χ2v) is 4.22. The van der Waals surface area contributed by atoms with E-state index < -0.39 is 49.0 Å². The molecule has 0 N–H and O–H groups in total. The summed E-state index contributed by atoms with van der Waals surface area (Å²) in [6.07, 6.45) is -20.2. The van der Waals surface area contributed by atoms with Gasteiger partial charge in [-0.05, 0) is 0 Å². The van der Waals surface area contributed by atoms with Gasteiger partial charge in [0, 0.05) is 6.92 Å². The Bertz CT molecular complexity index is 455. The first kappa shape index (κ1) is 22.9. The van der Waals surface area contributed by atoms with Crippen LogP contribution >= 0.6 is 0 Å². The van der Waals surface area contributed by atoms with E-state index in [0.717, 1.165) is 0 Å². The average molecular weight is 400 g/mol. The van der Waals surface area contributed by atoms with E-state index in [1.54, 1.807) is 0 Å². The maximum Gasteiger partial charge on any atom is 0.460 e. The zero-order valence-corrected chi connectivity index (χ0v) is 10.6. The van der Waals surface area contributed by atoms with Crippen LogP contribution in [0.3, 0.4) is 0 Å². The van der Waals surface area contributed by atoms with Crippen LogP contribution in [-0.2, 0) is 4.74 Å². The summed E-state index contributed by atoms with van der Waals surface area (Å²) in [7, 11) is 0. The number of rotatable bonds is 6. The van der Waals surface area contributed by atoms with Crippen LogP contribution in [0.15, 0.2) is 0 Å². The molecule has 0 bridgehead atoms. The van der Waals surface area contributed by atoms with Gasteiger partial charge in [0.2, 0.25) is 0 Å². The maximum absolute atomic E-state index is 12.8. The molecule has 0 aromatic heterocycles. The van der Waals surface area contributed by atoms with Crippen LogP contribution in [0.5, 0.6) is 0 Å². The van der Waals surface area contributed by atoms with Crippen LogP contribution in [-0.4, -0.2) is 42.1 Å². The molecule has 0 saturated heterocycles. The highest BCUT2D eigenvalue weighted by atomic mass is 19.4. The molecule has 16 heteroatoms. The van der Waals surface area contributed by atoms with Gasteiger partial charge < -0.3 is 0 Å². The van der Waals surface area contributed by atoms with Gasteiger partial charge in [-0.2, -0.15) is 65.9 Å². The second-order valence-electron chi connectivity index (χ2n) is 4.22. The Morgan fingerprint density at radius 3 is 1.00 bits per heavy atom. The summed E-state index contributed by atoms with van der Waals surface area (Å²) < 4.78 is 187. The molecule has 0 saturated carbocycles. The van der Waals surface area contributed by atoms with Crippen molar-refractivity contribution in [3.8, 4) is 0 Å². The lowest BCUT2D eigenvalue weighted by Gasteiger charge is -2.39. The summed E-state index contributed by atoms with van der Waals surface area (Å²) in [5.74, 6) is -32.1. The standard InChI is InChI=1S/C8H3F15O/c1-2(9,10)24-8(22,23)6(17,18)4(13,14)3(11,12)5(15,16)7(19,20)21/h1H3. The molecular formula is C8H3F15O. The first-order valence-corrected chi connectivity index (χ1v) is 4.99. The topological polar surface area (TPSA) is 9.23 Å². The van der Waals surface area contributed by atoms with Crippen LogP contribution in [0.1, 0.15) is 6.92 Å². The molecule has 0 aliphatic rings. The van der Waals surface area contributed by atoms with Crippen molar-refractivity contribution in [3.05, 3.63) is 0 Å². The molecule has 0 heterocycles. The Balaban J connectivity index is 6.21. The van der Waals surface area contributed by atoms with Gasteiger partial charge in [0.05, 0.1) is 0 Å². The third-order valence-electron chi connectivity index (χ3n) is 2.21.